The zero-order valence-corrected chi connectivity index (χ0v) is 22.1. The van der Waals surface area contributed by atoms with Gasteiger partial charge in [-0.1, -0.05) is 44.2 Å². The maximum atomic E-state index is 13.4. The normalized spacial score (nSPS) is 14.9. The van der Waals surface area contributed by atoms with Crippen LogP contribution in [0.3, 0.4) is 0 Å². The molecule has 38 heavy (non-hydrogen) atoms. The minimum Gasteiger partial charge on any atom is -0.496 e. The Balaban J connectivity index is 1.59. The molecule has 200 valence electrons. The number of hydrogen-bond acceptors (Lipinski definition) is 7. The molecule has 0 radical (unpaired) electrons. The SMILES string of the molecule is COC(=O)[C@H](CC(C)C)NC(=O)c1ccc(OC[C@@H]2COc3ccccc3O2)cc1-c1ccccc1OC. The number of nitrogens with one attached hydrogen (secondary N) is 1. The van der Waals surface area contributed by atoms with E-state index in [0.717, 1.165) is 5.56 Å². The fourth-order valence-corrected chi connectivity index (χ4v) is 4.30. The first-order chi connectivity index (χ1) is 18.4. The van der Waals surface area contributed by atoms with Crippen molar-refractivity contribution in [1.29, 1.82) is 0 Å². The molecule has 4 rings (SSSR count). The van der Waals surface area contributed by atoms with Crippen LogP contribution in [-0.4, -0.2) is 51.5 Å². The molecule has 0 aliphatic carbocycles. The van der Waals surface area contributed by atoms with Gasteiger partial charge in [-0.05, 0) is 48.7 Å². The van der Waals surface area contributed by atoms with Crippen LogP contribution in [-0.2, 0) is 9.53 Å². The minimum absolute atomic E-state index is 0.182. The quantitative estimate of drug-likeness (QED) is 0.381. The Morgan fingerprint density at radius 3 is 2.45 bits per heavy atom. The summed E-state index contributed by atoms with van der Waals surface area (Å²) in [5, 5.41) is 2.84. The van der Waals surface area contributed by atoms with Crippen molar-refractivity contribution in [3.63, 3.8) is 0 Å². The summed E-state index contributed by atoms with van der Waals surface area (Å²) in [4.78, 5) is 25.8. The van der Waals surface area contributed by atoms with Crippen LogP contribution >= 0.6 is 0 Å². The van der Waals surface area contributed by atoms with Gasteiger partial charge >= 0.3 is 5.97 Å². The molecule has 0 saturated carbocycles. The number of carbonyl (C=O) groups is 2. The monoisotopic (exact) mass is 519 g/mol. The van der Waals surface area contributed by atoms with Gasteiger partial charge < -0.3 is 29.0 Å². The summed E-state index contributed by atoms with van der Waals surface area (Å²) in [6.45, 7) is 4.58. The van der Waals surface area contributed by atoms with Gasteiger partial charge in [-0.3, -0.25) is 4.79 Å². The average Bonchev–Trinajstić information content (AvgIpc) is 2.94. The van der Waals surface area contributed by atoms with Gasteiger partial charge in [0.05, 0.1) is 14.2 Å². The third-order valence-corrected chi connectivity index (χ3v) is 6.13. The lowest BCUT2D eigenvalue weighted by atomic mass is 9.97. The molecule has 0 spiro atoms. The molecular weight excluding hydrogens is 486 g/mol. The lowest BCUT2D eigenvalue weighted by molar-refractivity contribution is -0.143. The van der Waals surface area contributed by atoms with E-state index in [-0.39, 0.29) is 18.6 Å². The number of methoxy groups -OCH3 is 2. The van der Waals surface area contributed by atoms with Crippen molar-refractivity contribution in [2.24, 2.45) is 5.92 Å². The molecule has 3 aromatic rings. The summed E-state index contributed by atoms with van der Waals surface area (Å²) in [5.41, 5.74) is 1.71. The third kappa shape index (κ3) is 6.37. The molecule has 3 aromatic carbocycles. The van der Waals surface area contributed by atoms with E-state index in [4.69, 9.17) is 23.7 Å². The first-order valence-electron chi connectivity index (χ1n) is 12.6. The molecule has 8 nitrogen and oxygen atoms in total. The highest BCUT2D eigenvalue weighted by molar-refractivity contribution is 6.03. The molecule has 1 heterocycles. The zero-order chi connectivity index (χ0) is 27.1. The minimum atomic E-state index is -0.764. The Morgan fingerprint density at radius 1 is 0.974 bits per heavy atom. The predicted molar refractivity (Wildman–Crippen MR) is 143 cm³/mol. The van der Waals surface area contributed by atoms with E-state index in [1.807, 2.05) is 62.4 Å². The second kappa shape index (κ2) is 12.4. The molecule has 0 saturated heterocycles. The number of rotatable bonds is 10. The fourth-order valence-electron chi connectivity index (χ4n) is 4.30. The number of amides is 1. The van der Waals surface area contributed by atoms with Gasteiger partial charge in [-0.25, -0.2) is 4.79 Å². The first-order valence-corrected chi connectivity index (χ1v) is 12.6. The number of carbonyl (C=O) groups excluding carboxylic acids is 2. The molecule has 0 bridgehead atoms. The molecule has 2 atom stereocenters. The molecule has 1 amide bonds. The maximum Gasteiger partial charge on any atom is 0.328 e. The number of ether oxygens (including phenoxy) is 5. The van der Waals surface area contributed by atoms with E-state index in [9.17, 15) is 9.59 Å². The molecule has 0 unspecified atom stereocenters. The number of para-hydroxylation sites is 3. The lowest BCUT2D eigenvalue weighted by Crippen LogP contribution is -2.42. The van der Waals surface area contributed by atoms with E-state index in [0.29, 0.717) is 47.2 Å². The van der Waals surface area contributed by atoms with Crippen molar-refractivity contribution in [2.75, 3.05) is 27.4 Å². The molecule has 1 aliphatic rings. The topological polar surface area (TPSA) is 92.3 Å². The largest absolute Gasteiger partial charge is 0.496 e. The Morgan fingerprint density at radius 2 is 1.71 bits per heavy atom. The summed E-state index contributed by atoms with van der Waals surface area (Å²) in [6.07, 6.45) is 0.162. The second-order valence-corrected chi connectivity index (χ2v) is 9.40. The van der Waals surface area contributed by atoms with Crippen molar-refractivity contribution in [2.45, 2.75) is 32.4 Å². The Bertz CT molecular complexity index is 1270. The predicted octanol–water partition coefficient (Wildman–Crippen LogP) is 4.90. The Labute approximate surface area is 222 Å². The van der Waals surface area contributed by atoms with Crippen LogP contribution in [0.25, 0.3) is 11.1 Å². The van der Waals surface area contributed by atoms with Gasteiger partial charge in [-0.2, -0.15) is 0 Å². The van der Waals surface area contributed by atoms with Crippen LogP contribution in [0.5, 0.6) is 23.0 Å². The highest BCUT2D eigenvalue weighted by Crippen LogP contribution is 2.35. The number of fused-ring (bicyclic) bond motifs is 1. The van der Waals surface area contributed by atoms with Gasteiger partial charge in [0.15, 0.2) is 17.6 Å². The van der Waals surface area contributed by atoms with Gasteiger partial charge in [0, 0.05) is 16.7 Å². The van der Waals surface area contributed by atoms with Gasteiger partial charge in [0.2, 0.25) is 0 Å². The maximum absolute atomic E-state index is 13.4. The van der Waals surface area contributed by atoms with E-state index in [2.05, 4.69) is 5.32 Å². The summed E-state index contributed by atoms with van der Waals surface area (Å²) in [6, 6.07) is 19.4. The summed E-state index contributed by atoms with van der Waals surface area (Å²) in [5.74, 6) is 1.84. The molecule has 1 aliphatic heterocycles. The molecule has 1 N–H and O–H groups in total. The van der Waals surface area contributed by atoms with E-state index < -0.39 is 17.9 Å². The van der Waals surface area contributed by atoms with E-state index >= 15 is 0 Å². The fraction of sp³-hybridized carbons (Fsp3) is 0.333. The standard InChI is InChI=1S/C30H33NO7/c1-19(2)15-25(30(33)35-4)31-29(32)23-14-13-20(16-24(23)22-9-5-6-10-26(22)34-3)36-17-21-18-37-27-11-7-8-12-28(27)38-21/h5-14,16,19,21,25H,15,17-18H2,1-4H3,(H,31,32)/t21-,25+/m1/s1. The van der Waals surface area contributed by atoms with Crippen LogP contribution in [0.4, 0.5) is 0 Å². The number of esters is 1. The van der Waals surface area contributed by atoms with Crippen LogP contribution in [0.1, 0.15) is 30.6 Å². The lowest BCUT2D eigenvalue weighted by Gasteiger charge is -2.26. The highest BCUT2D eigenvalue weighted by atomic mass is 16.6. The number of hydrogen-bond donors (Lipinski definition) is 1. The molecule has 0 aromatic heterocycles. The van der Waals surface area contributed by atoms with Crippen molar-refractivity contribution < 1.29 is 33.3 Å². The smallest absolute Gasteiger partial charge is 0.328 e. The van der Waals surface area contributed by atoms with Crippen molar-refractivity contribution in [3.05, 3.63) is 72.3 Å². The first kappa shape index (κ1) is 26.9. The van der Waals surface area contributed by atoms with Crippen LogP contribution in [0.15, 0.2) is 66.7 Å². The summed E-state index contributed by atoms with van der Waals surface area (Å²) >= 11 is 0. The summed E-state index contributed by atoms with van der Waals surface area (Å²) < 4.78 is 28.3. The summed E-state index contributed by atoms with van der Waals surface area (Å²) in [7, 11) is 2.89. The molecule has 0 fully saturated rings. The van der Waals surface area contributed by atoms with Crippen LogP contribution in [0.2, 0.25) is 0 Å². The Kier molecular flexibility index (Phi) is 8.73. The second-order valence-electron chi connectivity index (χ2n) is 9.40. The van der Waals surface area contributed by atoms with Crippen molar-refractivity contribution in [1.82, 2.24) is 5.32 Å². The highest BCUT2D eigenvalue weighted by Gasteiger charge is 2.26. The van der Waals surface area contributed by atoms with E-state index in [1.165, 1.54) is 7.11 Å². The third-order valence-electron chi connectivity index (χ3n) is 6.13. The van der Waals surface area contributed by atoms with E-state index in [1.54, 1.807) is 25.3 Å². The van der Waals surface area contributed by atoms with Gasteiger partial charge in [0.1, 0.15) is 30.8 Å². The average molecular weight is 520 g/mol. The molecule has 8 heteroatoms. The van der Waals surface area contributed by atoms with Crippen LogP contribution in [0, 0.1) is 5.92 Å². The van der Waals surface area contributed by atoms with Gasteiger partial charge in [0.25, 0.3) is 5.91 Å². The van der Waals surface area contributed by atoms with Crippen LogP contribution < -0.4 is 24.3 Å². The molecular formula is C30H33NO7. The van der Waals surface area contributed by atoms with Gasteiger partial charge in [-0.15, -0.1) is 0 Å². The zero-order valence-electron chi connectivity index (χ0n) is 22.1. The van der Waals surface area contributed by atoms with Crippen molar-refractivity contribution in [3.8, 4) is 34.1 Å². The van der Waals surface area contributed by atoms with Crippen molar-refractivity contribution >= 4 is 11.9 Å². The Hall–Kier alpha value is -4.20. The number of benzene rings is 3.